The van der Waals surface area contributed by atoms with Crippen molar-refractivity contribution in [3.8, 4) is 5.75 Å². The Hall–Kier alpha value is -2.53. The number of ether oxygens (including phenoxy) is 1. The standard InChI is InChI=1S/C20H23ClN2O3/c1-15(24)23(13-17-5-3-4-6-19(17)26-2)14-20(25)22-12-11-16-7-9-18(21)10-8-16/h3-10H,11-14H2,1-2H3,(H,22,25). The first-order valence-corrected chi connectivity index (χ1v) is 8.76. The smallest absolute Gasteiger partial charge is 0.239 e. The van der Waals surface area contributed by atoms with Crippen LogP contribution in [0.3, 0.4) is 0 Å². The highest BCUT2D eigenvalue weighted by Crippen LogP contribution is 2.19. The van der Waals surface area contributed by atoms with E-state index in [0.717, 1.165) is 11.1 Å². The summed E-state index contributed by atoms with van der Waals surface area (Å²) in [6, 6.07) is 15.0. The van der Waals surface area contributed by atoms with Gasteiger partial charge in [0.05, 0.1) is 13.7 Å². The van der Waals surface area contributed by atoms with Gasteiger partial charge in [0.1, 0.15) is 5.75 Å². The van der Waals surface area contributed by atoms with Crippen molar-refractivity contribution in [3.63, 3.8) is 0 Å². The monoisotopic (exact) mass is 374 g/mol. The van der Waals surface area contributed by atoms with Gasteiger partial charge in [0, 0.05) is 30.6 Å². The molecule has 6 heteroatoms. The molecule has 0 aliphatic rings. The first kappa shape index (κ1) is 19.8. The van der Waals surface area contributed by atoms with Crippen molar-refractivity contribution in [2.24, 2.45) is 0 Å². The average Bonchev–Trinajstić information content (AvgIpc) is 2.63. The molecular formula is C20H23ClN2O3. The quantitative estimate of drug-likeness (QED) is 0.772. The van der Waals surface area contributed by atoms with E-state index in [1.807, 2.05) is 48.5 Å². The first-order valence-electron chi connectivity index (χ1n) is 8.38. The minimum Gasteiger partial charge on any atom is -0.496 e. The Morgan fingerprint density at radius 2 is 1.81 bits per heavy atom. The van der Waals surface area contributed by atoms with E-state index in [1.165, 1.54) is 11.8 Å². The van der Waals surface area contributed by atoms with Crippen LogP contribution in [0.5, 0.6) is 5.75 Å². The molecule has 2 aromatic rings. The van der Waals surface area contributed by atoms with Gasteiger partial charge < -0.3 is 15.0 Å². The van der Waals surface area contributed by atoms with Crippen LogP contribution in [-0.2, 0) is 22.6 Å². The highest BCUT2D eigenvalue weighted by molar-refractivity contribution is 6.30. The van der Waals surface area contributed by atoms with Crippen molar-refractivity contribution in [2.75, 3.05) is 20.2 Å². The van der Waals surface area contributed by atoms with Crippen LogP contribution >= 0.6 is 11.6 Å². The Morgan fingerprint density at radius 3 is 2.46 bits per heavy atom. The highest BCUT2D eigenvalue weighted by atomic mass is 35.5. The lowest BCUT2D eigenvalue weighted by molar-refractivity contribution is -0.134. The average molecular weight is 375 g/mol. The minimum absolute atomic E-state index is 0.00794. The van der Waals surface area contributed by atoms with Crippen LogP contribution in [0.1, 0.15) is 18.1 Å². The number of amides is 2. The Morgan fingerprint density at radius 1 is 1.12 bits per heavy atom. The van der Waals surface area contributed by atoms with Gasteiger partial charge in [0.25, 0.3) is 0 Å². The van der Waals surface area contributed by atoms with Crippen LogP contribution in [0.15, 0.2) is 48.5 Å². The molecule has 26 heavy (non-hydrogen) atoms. The van der Waals surface area contributed by atoms with Gasteiger partial charge in [-0.3, -0.25) is 9.59 Å². The van der Waals surface area contributed by atoms with Crippen LogP contribution in [0.25, 0.3) is 0 Å². The maximum absolute atomic E-state index is 12.2. The zero-order valence-corrected chi connectivity index (χ0v) is 15.8. The second-order valence-corrected chi connectivity index (χ2v) is 6.35. The number of halogens is 1. The normalized spacial score (nSPS) is 10.3. The molecular weight excluding hydrogens is 352 g/mol. The van der Waals surface area contributed by atoms with E-state index < -0.39 is 0 Å². The number of rotatable bonds is 8. The lowest BCUT2D eigenvalue weighted by Crippen LogP contribution is -2.40. The Labute approximate surface area is 158 Å². The molecule has 2 amide bonds. The van der Waals surface area contributed by atoms with Crippen LogP contribution in [0.4, 0.5) is 0 Å². The highest BCUT2D eigenvalue weighted by Gasteiger charge is 2.15. The fourth-order valence-electron chi connectivity index (χ4n) is 2.54. The van der Waals surface area contributed by atoms with E-state index in [9.17, 15) is 9.59 Å². The van der Waals surface area contributed by atoms with Crippen molar-refractivity contribution < 1.29 is 14.3 Å². The summed E-state index contributed by atoms with van der Waals surface area (Å²) >= 11 is 5.86. The number of hydrogen-bond donors (Lipinski definition) is 1. The molecule has 0 fully saturated rings. The summed E-state index contributed by atoms with van der Waals surface area (Å²) in [5.41, 5.74) is 1.95. The third kappa shape index (κ3) is 6.08. The maximum atomic E-state index is 12.2. The summed E-state index contributed by atoms with van der Waals surface area (Å²) in [5.74, 6) is 0.342. The second-order valence-electron chi connectivity index (χ2n) is 5.91. The number of hydrogen-bond acceptors (Lipinski definition) is 3. The van der Waals surface area contributed by atoms with E-state index in [4.69, 9.17) is 16.3 Å². The van der Waals surface area contributed by atoms with Crippen LogP contribution in [-0.4, -0.2) is 36.9 Å². The predicted octanol–water partition coefficient (Wildman–Crippen LogP) is 3.06. The van der Waals surface area contributed by atoms with Gasteiger partial charge in [0.15, 0.2) is 0 Å². The molecule has 2 rings (SSSR count). The molecule has 0 atom stereocenters. The Kier molecular flexibility index (Phi) is 7.48. The molecule has 0 radical (unpaired) electrons. The molecule has 1 N–H and O–H groups in total. The molecule has 0 aromatic heterocycles. The third-order valence-corrected chi connectivity index (χ3v) is 4.23. The number of carbonyl (C=O) groups excluding carboxylic acids is 2. The fraction of sp³-hybridized carbons (Fsp3) is 0.300. The summed E-state index contributed by atoms with van der Waals surface area (Å²) in [7, 11) is 1.58. The molecule has 0 aliphatic carbocycles. The molecule has 0 heterocycles. The summed E-state index contributed by atoms with van der Waals surface area (Å²) in [6.07, 6.45) is 0.704. The summed E-state index contributed by atoms with van der Waals surface area (Å²) in [4.78, 5) is 25.6. The zero-order valence-electron chi connectivity index (χ0n) is 15.0. The number of carbonyl (C=O) groups is 2. The number of nitrogens with zero attached hydrogens (tertiary/aromatic N) is 1. The van der Waals surface area contributed by atoms with E-state index in [-0.39, 0.29) is 18.4 Å². The molecule has 0 saturated heterocycles. The van der Waals surface area contributed by atoms with Crippen LogP contribution in [0, 0.1) is 0 Å². The topological polar surface area (TPSA) is 58.6 Å². The lowest BCUT2D eigenvalue weighted by Gasteiger charge is -2.21. The van der Waals surface area contributed by atoms with Crippen LogP contribution in [0.2, 0.25) is 5.02 Å². The molecule has 138 valence electrons. The lowest BCUT2D eigenvalue weighted by atomic mass is 10.1. The summed E-state index contributed by atoms with van der Waals surface area (Å²) < 4.78 is 5.31. The zero-order chi connectivity index (χ0) is 18.9. The Bertz CT molecular complexity index is 747. The molecule has 0 unspecified atom stereocenters. The van der Waals surface area contributed by atoms with Gasteiger partial charge in [-0.1, -0.05) is 41.9 Å². The predicted molar refractivity (Wildman–Crippen MR) is 102 cm³/mol. The molecule has 0 saturated carbocycles. The minimum atomic E-state index is -0.191. The number of benzene rings is 2. The van der Waals surface area contributed by atoms with Crippen molar-refractivity contribution in [1.29, 1.82) is 0 Å². The third-order valence-electron chi connectivity index (χ3n) is 3.98. The van der Waals surface area contributed by atoms with Gasteiger partial charge in [-0.25, -0.2) is 0 Å². The van der Waals surface area contributed by atoms with Gasteiger partial charge in [-0.05, 0) is 30.2 Å². The molecule has 2 aromatic carbocycles. The van der Waals surface area contributed by atoms with E-state index in [0.29, 0.717) is 30.3 Å². The van der Waals surface area contributed by atoms with Gasteiger partial charge in [0.2, 0.25) is 11.8 Å². The summed E-state index contributed by atoms with van der Waals surface area (Å²) in [6.45, 7) is 2.29. The van der Waals surface area contributed by atoms with Crippen LogP contribution < -0.4 is 10.1 Å². The number of nitrogens with one attached hydrogen (secondary N) is 1. The first-order chi connectivity index (χ1) is 12.5. The van der Waals surface area contributed by atoms with Gasteiger partial charge in [-0.2, -0.15) is 0 Å². The van der Waals surface area contributed by atoms with E-state index in [2.05, 4.69) is 5.32 Å². The second kappa shape index (κ2) is 9.82. The van der Waals surface area contributed by atoms with E-state index >= 15 is 0 Å². The molecule has 0 bridgehead atoms. The molecule has 5 nitrogen and oxygen atoms in total. The summed E-state index contributed by atoms with van der Waals surface area (Å²) in [5, 5.41) is 3.53. The number of methoxy groups -OCH3 is 1. The molecule has 0 spiro atoms. The van der Waals surface area contributed by atoms with Gasteiger partial charge >= 0.3 is 0 Å². The van der Waals surface area contributed by atoms with Crippen molar-refractivity contribution in [3.05, 3.63) is 64.7 Å². The maximum Gasteiger partial charge on any atom is 0.239 e. The van der Waals surface area contributed by atoms with Crippen molar-refractivity contribution in [1.82, 2.24) is 10.2 Å². The van der Waals surface area contributed by atoms with Crippen molar-refractivity contribution in [2.45, 2.75) is 19.9 Å². The number of para-hydroxylation sites is 1. The van der Waals surface area contributed by atoms with Gasteiger partial charge in [-0.15, -0.1) is 0 Å². The SMILES string of the molecule is COc1ccccc1CN(CC(=O)NCCc1ccc(Cl)cc1)C(C)=O. The molecule has 0 aliphatic heterocycles. The van der Waals surface area contributed by atoms with Crippen molar-refractivity contribution >= 4 is 23.4 Å². The Balaban J connectivity index is 1.87. The van der Waals surface area contributed by atoms with E-state index in [1.54, 1.807) is 7.11 Å². The fourth-order valence-corrected chi connectivity index (χ4v) is 2.67. The largest absolute Gasteiger partial charge is 0.496 e.